The van der Waals surface area contributed by atoms with Crippen molar-refractivity contribution in [3.05, 3.63) is 0 Å². The minimum absolute atomic E-state index is 0.182. The number of piperazine rings is 1. The van der Waals surface area contributed by atoms with Crippen molar-refractivity contribution in [2.75, 3.05) is 32.7 Å². The van der Waals surface area contributed by atoms with Crippen LogP contribution in [0, 0.1) is 0 Å². The normalized spacial score (nSPS) is 28.8. The Morgan fingerprint density at radius 2 is 1.82 bits per heavy atom. The number of hydrogen-bond donors (Lipinski definition) is 0. The van der Waals surface area contributed by atoms with E-state index in [1.807, 2.05) is 14.7 Å². The minimum Gasteiger partial charge on any atom is -0.336 e. The Balaban J connectivity index is 1.62. The fraction of sp³-hybridized carbons (Fsp3) is 0.833. The predicted octanol–water partition coefficient (Wildman–Crippen LogP) is 0.509. The van der Waals surface area contributed by atoms with Gasteiger partial charge in [-0.3, -0.25) is 4.79 Å². The first-order valence-electron chi connectivity index (χ1n) is 6.59. The third kappa shape index (κ3) is 1.87. The molecule has 0 aromatic carbocycles. The summed E-state index contributed by atoms with van der Waals surface area (Å²) in [5.41, 5.74) is 0. The molecule has 3 aliphatic rings. The lowest BCUT2D eigenvalue weighted by Crippen LogP contribution is -2.55. The average molecular weight is 237 g/mol. The fourth-order valence-corrected chi connectivity index (χ4v) is 3.15. The highest BCUT2D eigenvalue weighted by Crippen LogP contribution is 2.24. The van der Waals surface area contributed by atoms with Gasteiger partial charge >= 0.3 is 6.03 Å². The summed E-state index contributed by atoms with van der Waals surface area (Å²) in [6.45, 7) is 3.98. The molecule has 3 aliphatic heterocycles. The molecule has 3 fully saturated rings. The zero-order valence-corrected chi connectivity index (χ0v) is 10.1. The van der Waals surface area contributed by atoms with Gasteiger partial charge in [-0.2, -0.15) is 0 Å². The van der Waals surface area contributed by atoms with Crippen LogP contribution in [0.1, 0.15) is 25.7 Å². The Labute approximate surface area is 101 Å². The topological polar surface area (TPSA) is 43.9 Å². The summed E-state index contributed by atoms with van der Waals surface area (Å²) in [6.07, 6.45) is 3.85. The number of carbonyl (C=O) groups is 2. The van der Waals surface area contributed by atoms with Crippen LogP contribution in [-0.2, 0) is 4.79 Å². The molecule has 0 spiro atoms. The minimum atomic E-state index is 0.182. The Bertz CT molecular complexity index is 339. The summed E-state index contributed by atoms with van der Waals surface area (Å²) in [5, 5.41) is 0. The average Bonchev–Trinajstić information content (AvgIpc) is 2.98. The van der Waals surface area contributed by atoms with Crippen molar-refractivity contribution in [3.63, 3.8) is 0 Å². The largest absolute Gasteiger partial charge is 0.336 e. The Hall–Kier alpha value is -1.26. The lowest BCUT2D eigenvalue weighted by Gasteiger charge is -2.39. The number of nitrogens with zero attached hydrogens (tertiary/aromatic N) is 3. The summed E-state index contributed by atoms with van der Waals surface area (Å²) in [6, 6.07) is 0.462. The maximum Gasteiger partial charge on any atom is 0.320 e. The predicted molar refractivity (Wildman–Crippen MR) is 62.5 cm³/mol. The molecule has 94 valence electrons. The molecule has 0 bridgehead atoms. The summed E-state index contributed by atoms with van der Waals surface area (Å²) in [5.74, 6) is 0.267. The monoisotopic (exact) mass is 237 g/mol. The SMILES string of the molecule is O=C(N1CCCC1)N1CCN2C(=O)CCC2C1. The van der Waals surface area contributed by atoms with E-state index in [1.165, 1.54) is 0 Å². The summed E-state index contributed by atoms with van der Waals surface area (Å²) >= 11 is 0. The molecule has 0 saturated carbocycles. The van der Waals surface area contributed by atoms with E-state index in [2.05, 4.69) is 0 Å². The van der Waals surface area contributed by atoms with Crippen LogP contribution in [0.25, 0.3) is 0 Å². The number of likely N-dealkylation sites (tertiary alicyclic amines) is 1. The molecule has 5 nitrogen and oxygen atoms in total. The number of carbonyl (C=O) groups excluding carboxylic acids is 2. The molecule has 3 rings (SSSR count). The highest BCUT2D eigenvalue weighted by Gasteiger charge is 2.38. The fourth-order valence-electron chi connectivity index (χ4n) is 3.15. The molecule has 1 atom stereocenters. The van der Waals surface area contributed by atoms with Gasteiger partial charge < -0.3 is 14.7 Å². The van der Waals surface area contributed by atoms with Crippen LogP contribution in [0.2, 0.25) is 0 Å². The third-order valence-electron chi connectivity index (χ3n) is 4.14. The van der Waals surface area contributed by atoms with Crippen molar-refractivity contribution in [1.82, 2.24) is 14.7 Å². The van der Waals surface area contributed by atoms with E-state index in [1.54, 1.807) is 0 Å². The van der Waals surface area contributed by atoms with Crippen LogP contribution in [-0.4, -0.2) is 65.4 Å². The molecular formula is C12H19N3O2. The zero-order valence-electron chi connectivity index (χ0n) is 10.1. The van der Waals surface area contributed by atoms with Crippen LogP contribution in [0.3, 0.4) is 0 Å². The summed E-state index contributed by atoms with van der Waals surface area (Å²) in [7, 11) is 0. The first-order valence-corrected chi connectivity index (χ1v) is 6.59. The highest BCUT2D eigenvalue weighted by atomic mass is 16.2. The van der Waals surface area contributed by atoms with Gasteiger partial charge in [0.1, 0.15) is 0 Å². The van der Waals surface area contributed by atoms with Gasteiger partial charge in [0.25, 0.3) is 0 Å². The highest BCUT2D eigenvalue weighted by molar-refractivity contribution is 5.80. The lowest BCUT2D eigenvalue weighted by molar-refractivity contribution is -0.130. The van der Waals surface area contributed by atoms with Gasteiger partial charge in [-0.25, -0.2) is 4.79 Å². The standard InChI is InChI=1S/C12H19N3O2/c16-11-4-3-10-9-14(7-8-15(10)11)12(17)13-5-1-2-6-13/h10H,1-9H2. The Morgan fingerprint density at radius 3 is 2.59 bits per heavy atom. The molecule has 3 heterocycles. The molecule has 0 radical (unpaired) electrons. The van der Waals surface area contributed by atoms with Crippen molar-refractivity contribution >= 4 is 11.9 Å². The van der Waals surface area contributed by atoms with Gasteiger partial charge in [0, 0.05) is 45.2 Å². The van der Waals surface area contributed by atoms with Gasteiger partial charge in [0.05, 0.1) is 0 Å². The van der Waals surface area contributed by atoms with Gasteiger partial charge in [-0.05, 0) is 19.3 Å². The number of amides is 3. The van der Waals surface area contributed by atoms with Crippen molar-refractivity contribution in [2.45, 2.75) is 31.7 Å². The number of urea groups is 1. The Kier molecular flexibility index (Phi) is 2.68. The quantitative estimate of drug-likeness (QED) is 0.616. The van der Waals surface area contributed by atoms with Crippen LogP contribution >= 0.6 is 0 Å². The summed E-state index contributed by atoms with van der Waals surface area (Å²) in [4.78, 5) is 29.6. The van der Waals surface area contributed by atoms with Crippen molar-refractivity contribution < 1.29 is 9.59 Å². The zero-order chi connectivity index (χ0) is 11.8. The molecule has 5 heteroatoms. The molecule has 0 aromatic rings. The van der Waals surface area contributed by atoms with Crippen LogP contribution < -0.4 is 0 Å². The van der Waals surface area contributed by atoms with E-state index in [-0.39, 0.29) is 18.0 Å². The molecule has 1 unspecified atom stereocenters. The maximum absolute atomic E-state index is 12.2. The number of hydrogen-bond acceptors (Lipinski definition) is 2. The molecule has 0 aliphatic carbocycles. The van der Waals surface area contributed by atoms with Gasteiger partial charge in [-0.1, -0.05) is 0 Å². The van der Waals surface area contributed by atoms with Crippen LogP contribution in [0.15, 0.2) is 0 Å². The van der Waals surface area contributed by atoms with Gasteiger partial charge in [0.15, 0.2) is 0 Å². The van der Waals surface area contributed by atoms with Crippen molar-refractivity contribution in [2.24, 2.45) is 0 Å². The van der Waals surface area contributed by atoms with E-state index in [9.17, 15) is 9.59 Å². The molecule has 3 amide bonds. The van der Waals surface area contributed by atoms with E-state index in [0.29, 0.717) is 13.0 Å². The van der Waals surface area contributed by atoms with Gasteiger partial charge in [-0.15, -0.1) is 0 Å². The second-order valence-corrected chi connectivity index (χ2v) is 5.20. The van der Waals surface area contributed by atoms with Crippen molar-refractivity contribution in [1.29, 1.82) is 0 Å². The van der Waals surface area contributed by atoms with Crippen molar-refractivity contribution in [3.8, 4) is 0 Å². The second kappa shape index (κ2) is 4.20. The third-order valence-corrected chi connectivity index (χ3v) is 4.14. The first-order chi connectivity index (χ1) is 8.25. The smallest absolute Gasteiger partial charge is 0.320 e. The van der Waals surface area contributed by atoms with E-state index < -0.39 is 0 Å². The summed E-state index contributed by atoms with van der Waals surface area (Å²) < 4.78 is 0. The molecule has 17 heavy (non-hydrogen) atoms. The first kappa shape index (κ1) is 10.9. The second-order valence-electron chi connectivity index (χ2n) is 5.20. The van der Waals surface area contributed by atoms with Gasteiger partial charge in [0.2, 0.25) is 5.91 Å². The molecular weight excluding hydrogens is 218 g/mol. The number of rotatable bonds is 0. The molecule has 0 aromatic heterocycles. The lowest BCUT2D eigenvalue weighted by atomic mass is 10.1. The molecule has 3 saturated heterocycles. The van der Waals surface area contributed by atoms with Crippen LogP contribution in [0.5, 0.6) is 0 Å². The molecule has 0 N–H and O–H groups in total. The van der Waals surface area contributed by atoms with E-state index in [4.69, 9.17) is 0 Å². The Morgan fingerprint density at radius 1 is 1.06 bits per heavy atom. The van der Waals surface area contributed by atoms with Crippen LogP contribution in [0.4, 0.5) is 4.79 Å². The maximum atomic E-state index is 12.2. The van der Waals surface area contributed by atoms with E-state index in [0.717, 1.165) is 45.4 Å². The van der Waals surface area contributed by atoms with E-state index >= 15 is 0 Å². The number of fused-ring (bicyclic) bond motifs is 1.